The van der Waals surface area contributed by atoms with Gasteiger partial charge < -0.3 is 0 Å². The van der Waals surface area contributed by atoms with Crippen molar-refractivity contribution in [1.29, 1.82) is 5.26 Å². The van der Waals surface area contributed by atoms with Gasteiger partial charge in [0, 0.05) is 11.1 Å². The number of nitrogens with zero attached hydrogens (tertiary/aromatic N) is 2. The zero-order valence-electron chi connectivity index (χ0n) is 9.83. The summed E-state index contributed by atoms with van der Waals surface area (Å²) in [6.07, 6.45) is 0. The SMILES string of the molecule is N#Cc1nc2cccc(C(=O)c3ccccc3)c2s1. The van der Waals surface area contributed by atoms with Crippen molar-refractivity contribution in [3.63, 3.8) is 0 Å². The molecule has 3 aromatic rings. The van der Waals surface area contributed by atoms with Crippen molar-refractivity contribution in [3.8, 4) is 6.07 Å². The standard InChI is InChI=1S/C15H8N2OS/c16-9-13-17-12-8-4-7-11(15(12)19-13)14(18)10-5-2-1-3-6-10/h1-8H. The van der Waals surface area contributed by atoms with Gasteiger partial charge in [0.2, 0.25) is 0 Å². The summed E-state index contributed by atoms with van der Waals surface area (Å²) in [5.74, 6) is -0.0423. The van der Waals surface area contributed by atoms with Crippen molar-refractivity contribution in [2.75, 3.05) is 0 Å². The van der Waals surface area contributed by atoms with Crippen molar-refractivity contribution in [2.24, 2.45) is 0 Å². The lowest BCUT2D eigenvalue weighted by molar-refractivity contribution is 0.104. The highest BCUT2D eigenvalue weighted by Crippen LogP contribution is 2.27. The van der Waals surface area contributed by atoms with E-state index >= 15 is 0 Å². The van der Waals surface area contributed by atoms with E-state index in [-0.39, 0.29) is 5.78 Å². The summed E-state index contributed by atoms with van der Waals surface area (Å²) in [4.78, 5) is 16.6. The Morgan fingerprint density at radius 2 is 1.89 bits per heavy atom. The Kier molecular flexibility index (Phi) is 2.82. The van der Waals surface area contributed by atoms with Crippen LogP contribution in [0.3, 0.4) is 0 Å². The van der Waals surface area contributed by atoms with Gasteiger partial charge in [0.1, 0.15) is 6.07 Å². The number of fused-ring (bicyclic) bond motifs is 1. The van der Waals surface area contributed by atoms with E-state index in [1.807, 2.05) is 30.3 Å². The summed E-state index contributed by atoms with van der Waals surface area (Å²) in [5, 5.41) is 9.28. The number of carbonyl (C=O) groups is 1. The van der Waals surface area contributed by atoms with Crippen LogP contribution in [0.2, 0.25) is 0 Å². The second kappa shape index (κ2) is 4.63. The Bertz CT molecular complexity index is 800. The molecule has 0 amide bonds. The van der Waals surface area contributed by atoms with E-state index in [2.05, 4.69) is 4.98 Å². The molecular formula is C15H8N2OS. The summed E-state index contributed by atoms with van der Waals surface area (Å²) in [6.45, 7) is 0. The molecule has 0 spiro atoms. The normalized spacial score (nSPS) is 10.3. The van der Waals surface area contributed by atoms with E-state index in [0.29, 0.717) is 21.7 Å². The lowest BCUT2D eigenvalue weighted by Gasteiger charge is -2.01. The first-order chi connectivity index (χ1) is 9.29. The predicted octanol–water partition coefficient (Wildman–Crippen LogP) is 3.40. The second-order valence-corrected chi connectivity index (χ2v) is 4.98. The Balaban J connectivity index is 2.18. The van der Waals surface area contributed by atoms with E-state index in [4.69, 9.17) is 5.26 Å². The average Bonchev–Trinajstić information content (AvgIpc) is 2.90. The molecule has 4 heteroatoms. The van der Waals surface area contributed by atoms with Crippen LogP contribution >= 0.6 is 11.3 Å². The molecule has 90 valence electrons. The molecule has 0 fully saturated rings. The van der Waals surface area contributed by atoms with Crippen LogP contribution in [-0.2, 0) is 0 Å². The minimum Gasteiger partial charge on any atom is -0.289 e. The molecule has 0 N–H and O–H groups in total. The zero-order chi connectivity index (χ0) is 13.2. The first kappa shape index (κ1) is 11.6. The molecule has 1 heterocycles. The Morgan fingerprint density at radius 1 is 1.11 bits per heavy atom. The van der Waals surface area contributed by atoms with Crippen LogP contribution in [0.1, 0.15) is 20.9 Å². The maximum atomic E-state index is 12.5. The molecule has 1 aromatic heterocycles. The topological polar surface area (TPSA) is 53.8 Å². The summed E-state index contributed by atoms with van der Waals surface area (Å²) in [6, 6.07) is 16.5. The first-order valence-electron chi connectivity index (χ1n) is 5.69. The van der Waals surface area contributed by atoms with E-state index in [9.17, 15) is 4.79 Å². The van der Waals surface area contributed by atoms with Gasteiger partial charge in [0.15, 0.2) is 10.8 Å². The number of benzene rings is 2. The van der Waals surface area contributed by atoms with E-state index < -0.39 is 0 Å². The van der Waals surface area contributed by atoms with Gasteiger partial charge in [-0.05, 0) is 12.1 Å². The number of carbonyl (C=O) groups excluding carboxylic acids is 1. The van der Waals surface area contributed by atoms with Gasteiger partial charge in [-0.25, -0.2) is 4.98 Å². The third-order valence-corrected chi connectivity index (χ3v) is 3.80. The third kappa shape index (κ3) is 2.01. The number of nitriles is 1. The van der Waals surface area contributed by atoms with Crippen molar-refractivity contribution in [2.45, 2.75) is 0 Å². The van der Waals surface area contributed by atoms with Gasteiger partial charge in [0.25, 0.3) is 0 Å². The third-order valence-electron chi connectivity index (χ3n) is 2.79. The largest absolute Gasteiger partial charge is 0.289 e. The van der Waals surface area contributed by atoms with Crippen LogP contribution in [0.5, 0.6) is 0 Å². The Labute approximate surface area is 113 Å². The lowest BCUT2D eigenvalue weighted by Crippen LogP contribution is -2.00. The first-order valence-corrected chi connectivity index (χ1v) is 6.50. The number of aromatic nitrogens is 1. The van der Waals surface area contributed by atoms with Crippen LogP contribution in [0.25, 0.3) is 10.2 Å². The van der Waals surface area contributed by atoms with Gasteiger partial charge >= 0.3 is 0 Å². The van der Waals surface area contributed by atoms with Crippen LogP contribution in [-0.4, -0.2) is 10.8 Å². The number of hydrogen-bond acceptors (Lipinski definition) is 4. The summed E-state index contributed by atoms with van der Waals surface area (Å²) < 4.78 is 0.771. The molecule has 3 nitrogen and oxygen atoms in total. The molecule has 2 aromatic carbocycles. The van der Waals surface area contributed by atoms with Gasteiger partial charge in [-0.1, -0.05) is 36.4 Å². The van der Waals surface area contributed by atoms with Gasteiger partial charge in [-0.15, -0.1) is 11.3 Å². The van der Waals surface area contributed by atoms with Gasteiger partial charge in [0.05, 0.1) is 10.2 Å². The van der Waals surface area contributed by atoms with Crippen LogP contribution in [0.4, 0.5) is 0 Å². The van der Waals surface area contributed by atoms with Crippen LogP contribution < -0.4 is 0 Å². The number of thiazole rings is 1. The maximum absolute atomic E-state index is 12.5. The fourth-order valence-electron chi connectivity index (χ4n) is 1.92. The molecule has 0 radical (unpaired) electrons. The Morgan fingerprint density at radius 3 is 2.63 bits per heavy atom. The number of rotatable bonds is 2. The zero-order valence-corrected chi connectivity index (χ0v) is 10.6. The molecule has 0 atom stereocenters. The minimum absolute atomic E-state index is 0.0423. The predicted molar refractivity (Wildman–Crippen MR) is 74.2 cm³/mol. The lowest BCUT2D eigenvalue weighted by atomic mass is 10.0. The molecule has 0 saturated carbocycles. The minimum atomic E-state index is -0.0423. The summed E-state index contributed by atoms with van der Waals surface area (Å²) in [7, 11) is 0. The quantitative estimate of drug-likeness (QED) is 0.666. The van der Waals surface area contributed by atoms with Gasteiger partial charge in [-0.3, -0.25) is 4.79 Å². The van der Waals surface area contributed by atoms with E-state index in [1.54, 1.807) is 24.3 Å². The average molecular weight is 264 g/mol. The van der Waals surface area contributed by atoms with Crippen molar-refractivity contribution < 1.29 is 4.79 Å². The van der Waals surface area contributed by atoms with E-state index in [1.165, 1.54) is 11.3 Å². The molecule has 19 heavy (non-hydrogen) atoms. The van der Waals surface area contributed by atoms with Crippen molar-refractivity contribution >= 4 is 27.3 Å². The molecule has 0 unspecified atom stereocenters. The maximum Gasteiger partial charge on any atom is 0.195 e. The molecule has 3 rings (SSSR count). The molecule has 0 bridgehead atoms. The van der Waals surface area contributed by atoms with E-state index in [0.717, 1.165) is 4.70 Å². The highest BCUT2D eigenvalue weighted by atomic mass is 32.1. The van der Waals surface area contributed by atoms with Crippen molar-refractivity contribution in [3.05, 3.63) is 64.7 Å². The smallest absolute Gasteiger partial charge is 0.195 e. The molecule has 0 aliphatic rings. The fourth-order valence-corrected chi connectivity index (χ4v) is 2.79. The molecular weight excluding hydrogens is 256 g/mol. The monoisotopic (exact) mass is 264 g/mol. The highest BCUT2D eigenvalue weighted by molar-refractivity contribution is 7.19. The highest BCUT2D eigenvalue weighted by Gasteiger charge is 2.15. The Hall–Kier alpha value is -2.51. The van der Waals surface area contributed by atoms with Gasteiger partial charge in [-0.2, -0.15) is 5.26 Å². The van der Waals surface area contributed by atoms with Crippen LogP contribution in [0.15, 0.2) is 48.5 Å². The molecule has 0 aliphatic heterocycles. The van der Waals surface area contributed by atoms with Crippen molar-refractivity contribution in [1.82, 2.24) is 4.98 Å². The second-order valence-electron chi connectivity index (χ2n) is 3.98. The summed E-state index contributed by atoms with van der Waals surface area (Å²) >= 11 is 1.25. The summed E-state index contributed by atoms with van der Waals surface area (Å²) in [5.41, 5.74) is 1.94. The number of ketones is 1. The molecule has 0 aliphatic carbocycles. The number of hydrogen-bond donors (Lipinski definition) is 0. The fraction of sp³-hybridized carbons (Fsp3) is 0. The van der Waals surface area contributed by atoms with Crippen LogP contribution in [0, 0.1) is 11.3 Å². The molecule has 0 saturated heterocycles.